The minimum Gasteiger partial charge on any atom is -0.316 e. The SMILES string of the molecule is Clc1ccccc1SCCNCC1CCCCC1. The van der Waals surface area contributed by atoms with Gasteiger partial charge < -0.3 is 5.32 Å². The Balaban J connectivity index is 1.57. The fourth-order valence-electron chi connectivity index (χ4n) is 2.49. The van der Waals surface area contributed by atoms with Crippen LogP contribution in [0.5, 0.6) is 0 Å². The molecule has 0 aliphatic heterocycles. The van der Waals surface area contributed by atoms with Gasteiger partial charge in [-0.15, -0.1) is 11.8 Å². The van der Waals surface area contributed by atoms with Crippen molar-refractivity contribution >= 4 is 23.4 Å². The van der Waals surface area contributed by atoms with E-state index in [-0.39, 0.29) is 0 Å². The van der Waals surface area contributed by atoms with Crippen LogP contribution in [0.1, 0.15) is 32.1 Å². The van der Waals surface area contributed by atoms with E-state index in [1.54, 1.807) is 0 Å². The molecular weight excluding hydrogens is 262 g/mol. The lowest BCUT2D eigenvalue weighted by molar-refractivity contribution is 0.345. The molecule has 3 heteroatoms. The second-order valence-electron chi connectivity index (χ2n) is 4.99. The first-order valence-electron chi connectivity index (χ1n) is 6.94. The van der Waals surface area contributed by atoms with Crippen molar-refractivity contribution in [3.8, 4) is 0 Å². The molecule has 0 heterocycles. The van der Waals surface area contributed by atoms with Crippen LogP contribution in [0.15, 0.2) is 29.2 Å². The van der Waals surface area contributed by atoms with Gasteiger partial charge in [-0.3, -0.25) is 0 Å². The van der Waals surface area contributed by atoms with Crippen LogP contribution in [-0.4, -0.2) is 18.8 Å². The second-order valence-corrected chi connectivity index (χ2v) is 6.53. The van der Waals surface area contributed by atoms with Gasteiger partial charge in [0.05, 0.1) is 5.02 Å². The maximum atomic E-state index is 6.12. The number of hydrogen-bond donors (Lipinski definition) is 1. The predicted octanol–water partition coefficient (Wildman–Crippen LogP) is 4.60. The molecule has 1 nitrogen and oxygen atoms in total. The fourth-order valence-corrected chi connectivity index (χ4v) is 3.64. The maximum Gasteiger partial charge on any atom is 0.0541 e. The third-order valence-electron chi connectivity index (χ3n) is 3.53. The van der Waals surface area contributed by atoms with Crippen LogP contribution in [0.3, 0.4) is 0 Å². The van der Waals surface area contributed by atoms with Crippen LogP contribution < -0.4 is 5.32 Å². The van der Waals surface area contributed by atoms with Gasteiger partial charge in [0.2, 0.25) is 0 Å². The lowest BCUT2D eigenvalue weighted by Gasteiger charge is -2.21. The van der Waals surface area contributed by atoms with E-state index in [9.17, 15) is 0 Å². The zero-order chi connectivity index (χ0) is 12.6. The van der Waals surface area contributed by atoms with Gasteiger partial charge in [0.25, 0.3) is 0 Å². The average molecular weight is 284 g/mol. The Labute approximate surface area is 120 Å². The number of hydrogen-bond acceptors (Lipinski definition) is 2. The summed E-state index contributed by atoms with van der Waals surface area (Å²) in [7, 11) is 0. The van der Waals surface area contributed by atoms with Crippen molar-refractivity contribution in [1.29, 1.82) is 0 Å². The Morgan fingerprint density at radius 2 is 1.94 bits per heavy atom. The number of halogens is 1. The molecular formula is C15H22ClNS. The Kier molecular flexibility index (Phi) is 6.39. The highest BCUT2D eigenvalue weighted by Crippen LogP contribution is 2.26. The molecule has 0 atom stereocenters. The molecule has 1 aliphatic rings. The minimum absolute atomic E-state index is 0.870. The summed E-state index contributed by atoms with van der Waals surface area (Å²) < 4.78 is 0. The molecule has 0 saturated heterocycles. The van der Waals surface area contributed by atoms with Crippen LogP contribution >= 0.6 is 23.4 Å². The van der Waals surface area contributed by atoms with Gasteiger partial charge >= 0.3 is 0 Å². The molecule has 0 radical (unpaired) electrons. The van der Waals surface area contributed by atoms with Gasteiger partial charge in [-0.05, 0) is 37.4 Å². The summed E-state index contributed by atoms with van der Waals surface area (Å²) in [6, 6.07) is 8.07. The molecule has 1 saturated carbocycles. The van der Waals surface area contributed by atoms with E-state index >= 15 is 0 Å². The summed E-state index contributed by atoms with van der Waals surface area (Å²) >= 11 is 7.96. The van der Waals surface area contributed by atoms with Crippen molar-refractivity contribution in [2.24, 2.45) is 5.92 Å². The molecule has 100 valence electrons. The number of nitrogens with one attached hydrogen (secondary N) is 1. The molecule has 1 aromatic carbocycles. The fraction of sp³-hybridized carbons (Fsp3) is 0.600. The van der Waals surface area contributed by atoms with E-state index in [1.807, 2.05) is 30.0 Å². The Morgan fingerprint density at radius 3 is 2.72 bits per heavy atom. The first-order chi connectivity index (χ1) is 8.86. The van der Waals surface area contributed by atoms with E-state index in [0.717, 1.165) is 23.2 Å². The monoisotopic (exact) mass is 283 g/mol. The summed E-state index contributed by atoms with van der Waals surface area (Å²) in [4.78, 5) is 1.19. The van der Waals surface area contributed by atoms with Crippen molar-refractivity contribution in [3.05, 3.63) is 29.3 Å². The number of thioether (sulfide) groups is 1. The van der Waals surface area contributed by atoms with Gasteiger partial charge in [0.1, 0.15) is 0 Å². The largest absolute Gasteiger partial charge is 0.316 e. The first-order valence-corrected chi connectivity index (χ1v) is 8.30. The van der Waals surface area contributed by atoms with Crippen molar-refractivity contribution < 1.29 is 0 Å². The van der Waals surface area contributed by atoms with Gasteiger partial charge in [-0.1, -0.05) is 43.0 Å². The summed E-state index contributed by atoms with van der Waals surface area (Å²) in [6.45, 7) is 2.27. The van der Waals surface area contributed by atoms with Crippen LogP contribution in [0.25, 0.3) is 0 Å². The molecule has 0 amide bonds. The highest BCUT2D eigenvalue weighted by molar-refractivity contribution is 7.99. The lowest BCUT2D eigenvalue weighted by atomic mass is 9.89. The predicted molar refractivity (Wildman–Crippen MR) is 81.6 cm³/mol. The molecule has 0 bridgehead atoms. The highest BCUT2D eigenvalue weighted by atomic mass is 35.5. The van der Waals surface area contributed by atoms with Gasteiger partial charge in [0, 0.05) is 17.2 Å². The van der Waals surface area contributed by atoms with E-state index in [4.69, 9.17) is 11.6 Å². The zero-order valence-electron chi connectivity index (χ0n) is 10.8. The summed E-state index contributed by atoms with van der Waals surface area (Å²) in [5.41, 5.74) is 0. The van der Waals surface area contributed by atoms with Crippen LogP contribution in [-0.2, 0) is 0 Å². The minimum atomic E-state index is 0.870. The van der Waals surface area contributed by atoms with Crippen molar-refractivity contribution in [3.63, 3.8) is 0 Å². The maximum absolute atomic E-state index is 6.12. The molecule has 1 N–H and O–H groups in total. The topological polar surface area (TPSA) is 12.0 Å². The van der Waals surface area contributed by atoms with Crippen molar-refractivity contribution in [2.45, 2.75) is 37.0 Å². The number of benzene rings is 1. The molecule has 0 aromatic heterocycles. The molecule has 0 unspecified atom stereocenters. The Hall–Kier alpha value is -0.180. The third kappa shape index (κ3) is 4.83. The Bertz CT molecular complexity index is 350. The zero-order valence-corrected chi connectivity index (χ0v) is 12.4. The Morgan fingerprint density at radius 1 is 1.17 bits per heavy atom. The molecule has 1 fully saturated rings. The quantitative estimate of drug-likeness (QED) is 0.605. The van der Waals surface area contributed by atoms with Crippen molar-refractivity contribution in [1.82, 2.24) is 5.32 Å². The van der Waals surface area contributed by atoms with E-state index in [1.165, 1.54) is 43.5 Å². The van der Waals surface area contributed by atoms with Crippen molar-refractivity contribution in [2.75, 3.05) is 18.8 Å². The average Bonchev–Trinajstić information content (AvgIpc) is 2.42. The van der Waals surface area contributed by atoms with Crippen LogP contribution in [0.4, 0.5) is 0 Å². The first kappa shape index (κ1) is 14.2. The normalized spacial score (nSPS) is 16.9. The highest BCUT2D eigenvalue weighted by Gasteiger charge is 2.12. The third-order valence-corrected chi connectivity index (χ3v) is 5.05. The molecule has 0 spiro atoms. The second kappa shape index (κ2) is 8.08. The summed E-state index contributed by atoms with van der Waals surface area (Å²) in [6.07, 6.45) is 7.15. The van der Waals surface area contributed by atoms with Gasteiger partial charge in [-0.25, -0.2) is 0 Å². The molecule has 1 aliphatic carbocycles. The smallest absolute Gasteiger partial charge is 0.0541 e. The molecule has 2 rings (SSSR count). The summed E-state index contributed by atoms with van der Waals surface area (Å²) in [5, 5.41) is 4.45. The van der Waals surface area contributed by atoms with E-state index in [2.05, 4.69) is 11.4 Å². The van der Waals surface area contributed by atoms with Crippen LogP contribution in [0, 0.1) is 5.92 Å². The van der Waals surface area contributed by atoms with Gasteiger partial charge in [-0.2, -0.15) is 0 Å². The van der Waals surface area contributed by atoms with E-state index < -0.39 is 0 Å². The lowest BCUT2D eigenvalue weighted by Crippen LogP contribution is -2.26. The van der Waals surface area contributed by atoms with Gasteiger partial charge in [0.15, 0.2) is 0 Å². The van der Waals surface area contributed by atoms with Crippen LogP contribution in [0.2, 0.25) is 5.02 Å². The molecule has 18 heavy (non-hydrogen) atoms. The molecule has 1 aromatic rings. The summed E-state index contributed by atoms with van der Waals surface area (Å²) in [5.74, 6) is 2.01. The van der Waals surface area contributed by atoms with E-state index in [0.29, 0.717) is 0 Å². The number of rotatable bonds is 6. The standard InChI is InChI=1S/C15H22ClNS/c16-14-8-4-5-9-15(14)18-11-10-17-12-13-6-2-1-3-7-13/h4-5,8-9,13,17H,1-3,6-7,10-12H2.